The molecule has 0 aliphatic rings. The van der Waals surface area contributed by atoms with E-state index in [1.165, 1.54) is 16.7 Å². The standard InChI is InChI=1S/C23H25NO/c1-2-23(21-13-7-4-8-14-21)25-18-20-12-9-15-22(16-20)24-17-19-10-5-3-6-11-19/h3-16,23-24H,2,17-18H2,1H3. The number of hydrogen-bond acceptors (Lipinski definition) is 2. The molecule has 3 aromatic carbocycles. The van der Waals surface area contributed by atoms with Crippen LogP contribution in [0.4, 0.5) is 5.69 Å². The van der Waals surface area contributed by atoms with E-state index >= 15 is 0 Å². The second-order valence-electron chi connectivity index (χ2n) is 6.16. The van der Waals surface area contributed by atoms with E-state index < -0.39 is 0 Å². The molecule has 1 atom stereocenters. The van der Waals surface area contributed by atoms with Crippen LogP contribution in [-0.2, 0) is 17.9 Å². The van der Waals surface area contributed by atoms with E-state index in [0.717, 1.165) is 18.7 Å². The van der Waals surface area contributed by atoms with Crippen molar-refractivity contribution in [1.82, 2.24) is 0 Å². The molecule has 0 spiro atoms. The number of benzene rings is 3. The van der Waals surface area contributed by atoms with Crippen LogP contribution in [0, 0.1) is 0 Å². The molecule has 25 heavy (non-hydrogen) atoms. The van der Waals surface area contributed by atoms with Gasteiger partial charge in [-0.1, -0.05) is 79.7 Å². The van der Waals surface area contributed by atoms with Gasteiger partial charge in [0.15, 0.2) is 0 Å². The highest BCUT2D eigenvalue weighted by Gasteiger charge is 2.09. The van der Waals surface area contributed by atoms with Gasteiger partial charge in [0, 0.05) is 12.2 Å². The summed E-state index contributed by atoms with van der Waals surface area (Å²) in [5.41, 5.74) is 4.83. The first-order chi connectivity index (χ1) is 12.3. The first kappa shape index (κ1) is 17.2. The van der Waals surface area contributed by atoms with E-state index in [-0.39, 0.29) is 6.10 Å². The summed E-state index contributed by atoms with van der Waals surface area (Å²) in [5, 5.41) is 3.48. The van der Waals surface area contributed by atoms with Crippen molar-refractivity contribution in [3.63, 3.8) is 0 Å². The predicted octanol–water partition coefficient (Wildman–Crippen LogP) is 5.97. The molecule has 0 aliphatic carbocycles. The highest BCUT2D eigenvalue weighted by molar-refractivity contribution is 5.46. The summed E-state index contributed by atoms with van der Waals surface area (Å²) in [5.74, 6) is 0. The van der Waals surface area contributed by atoms with Gasteiger partial charge in [0.2, 0.25) is 0 Å². The van der Waals surface area contributed by atoms with Crippen LogP contribution in [0.3, 0.4) is 0 Å². The lowest BCUT2D eigenvalue weighted by Crippen LogP contribution is -2.04. The third kappa shape index (κ3) is 5.20. The summed E-state index contributed by atoms with van der Waals surface area (Å²) in [7, 11) is 0. The van der Waals surface area contributed by atoms with Crippen molar-refractivity contribution < 1.29 is 4.74 Å². The number of nitrogens with one attached hydrogen (secondary N) is 1. The molecular weight excluding hydrogens is 306 g/mol. The molecule has 3 aromatic rings. The molecule has 0 aromatic heterocycles. The molecule has 2 heteroatoms. The highest BCUT2D eigenvalue weighted by atomic mass is 16.5. The van der Waals surface area contributed by atoms with E-state index in [1.54, 1.807) is 0 Å². The van der Waals surface area contributed by atoms with Crippen LogP contribution in [0.1, 0.15) is 36.1 Å². The molecule has 0 saturated heterocycles. The average molecular weight is 331 g/mol. The zero-order chi connectivity index (χ0) is 17.3. The minimum absolute atomic E-state index is 0.141. The maximum Gasteiger partial charge on any atom is 0.0826 e. The van der Waals surface area contributed by atoms with E-state index in [2.05, 4.69) is 85.0 Å². The lowest BCUT2D eigenvalue weighted by atomic mass is 10.1. The summed E-state index contributed by atoms with van der Waals surface area (Å²) in [6.45, 7) is 3.61. The topological polar surface area (TPSA) is 21.3 Å². The largest absolute Gasteiger partial charge is 0.381 e. The number of hydrogen-bond donors (Lipinski definition) is 1. The molecule has 3 rings (SSSR count). The van der Waals surface area contributed by atoms with Crippen molar-refractivity contribution >= 4 is 5.69 Å². The average Bonchev–Trinajstić information content (AvgIpc) is 2.69. The molecule has 0 radical (unpaired) electrons. The molecule has 0 saturated carbocycles. The first-order valence-corrected chi connectivity index (χ1v) is 8.88. The van der Waals surface area contributed by atoms with Gasteiger partial charge in [0.1, 0.15) is 0 Å². The number of ether oxygens (including phenoxy) is 1. The Balaban J connectivity index is 1.58. The fourth-order valence-electron chi connectivity index (χ4n) is 2.89. The molecule has 2 nitrogen and oxygen atoms in total. The summed E-state index contributed by atoms with van der Waals surface area (Å²) in [4.78, 5) is 0. The summed E-state index contributed by atoms with van der Waals surface area (Å²) >= 11 is 0. The predicted molar refractivity (Wildman–Crippen MR) is 104 cm³/mol. The van der Waals surface area contributed by atoms with Gasteiger partial charge in [0.25, 0.3) is 0 Å². The molecule has 1 N–H and O–H groups in total. The van der Waals surface area contributed by atoms with Crippen molar-refractivity contribution in [2.24, 2.45) is 0 Å². The maximum atomic E-state index is 6.15. The van der Waals surface area contributed by atoms with Crippen LogP contribution in [0.5, 0.6) is 0 Å². The van der Waals surface area contributed by atoms with Crippen molar-refractivity contribution in [1.29, 1.82) is 0 Å². The molecule has 0 fully saturated rings. The Morgan fingerprint density at radius 2 is 1.48 bits per heavy atom. The van der Waals surface area contributed by atoms with Gasteiger partial charge < -0.3 is 10.1 Å². The molecule has 1 unspecified atom stereocenters. The maximum absolute atomic E-state index is 6.15. The van der Waals surface area contributed by atoms with Gasteiger partial charge in [-0.05, 0) is 35.2 Å². The van der Waals surface area contributed by atoms with Crippen LogP contribution < -0.4 is 5.32 Å². The number of anilines is 1. The van der Waals surface area contributed by atoms with E-state index in [4.69, 9.17) is 4.74 Å². The third-order valence-corrected chi connectivity index (χ3v) is 4.26. The molecule has 0 amide bonds. The second-order valence-corrected chi connectivity index (χ2v) is 6.16. The quantitative estimate of drug-likeness (QED) is 0.549. The Labute approximate surface area is 150 Å². The molecule has 0 aliphatic heterocycles. The fourth-order valence-corrected chi connectivity index (χ4v) is 2.89. The van der Waals surface area contributed by atoms with Gasteiger partial charge in [0.05, 0.1) is 12.7 Å². The normalized spacial score (nSPS) is 11.9. The van der Waals surface area contributed by atoms with Gasteiger partial charge in [-0.2, -0.15) is 0 Å². The third-order valence-electron chi connectivity index (χ3n) is 4.26. The molecule has 0 bridgehead atoms. The molecule has 128 valence electrons. The second kappa shape index (κ2) is 9.05. The molecule has 0 heterocycles. The first-order valence-electron chi connectivity index (χ1n) is 8.88. The van der Waals surface area contributed by atoms with E-state index in [0.29, 0.717) is 6.61 Å². The minimum Gasteiger partial charge on any atom is -0.381 e. The fraction of sp³-hybridized carbons (Fsp3) is 0.217. The van der Waals surface area contributed by atoms with Crippen molar-refractivity contribution in [3.8, 4) is 0 Å². The monoisotopic (exact) mass is 331 g/mol. The van der Waals surface area contributed by atoms with Crippen molar-refractivity contribution in [2.75, 3.05) is 5.32 Å². The Hall–Kier alpha value is -2.58. The van der Waals surface area contributed by atoms with Gasteiger partial charge >= 0.3 is 0 Å². The zero-order valence-corrected chi connectivity index (χ0v) is 14.7. The van der Waals surface area contributed by atoms with Crippen LogP contribution >= 0.6 is 0 Å². The SMILES string of the molecule is CCC(OCc1cccc(NCc2ccccc2)c1)c1ccccc1. The minimum atomic E-state index is 0.141. The number of rotatable bonds is 8. The summed E-state index contributed by atoms with van der Waals surface area (Å²) in [6, 6.07) is 29.3. The Morgan fingerprint density at radius 3 is 2.20 bits per heavy atom. The zero-order valence-electron chi connectivity index (χ0n) is 14.7. The van der Waals surface area contributed by atoms with Crippen LogP contribution in [0.15, 0.2) is 84.9 Å². The Bertz CT molecular complexity index is 755. The lowest BCUT2D eigenvalue weighted by molar-refractivity contribution is 0.0372. The van der Waals surface area contributed by atoms with Crippen LogP contribution in [0.25, 0.3) is 0 Å². The highest BCUT2D eigenvalue weighted by Crippen LogP contribution is 2.23. The van der Waals surface area contributed by atoms with E-state index in [9.17, 15) is 0 Å². The van der Waals surface area contributed by atoms with Gasteiger partial charge in [-0.15, -0.1) is 0 Å². The Kier molecular flexibility index (Phi) is 6.24. The van der Waals surface area contributed by atoms with Crippen LogP contribution in [0.2, 0.25) is 0 Å². The Morgan fingerprint density at radius 1 is 0.800 bits per heavy atom. The smallest absolute Gasteiger partial charge is 0.0826 e. The van der Waals surface area contributed by atoms with Gasteiger partial charge in [-0.3, -0.25) is 0 Å². The van der Waals surface area contributed by atoms with Crippen molar-refractivity contribution in [2.45, 2.75) is 32.6 Å². The van der Waals surface area contributed by atoms with Gasteiger partial charge in [-0.25, -0.2) is 0 Å². The van der Waals surface area contributed by atoms with Crippen molar-refractivity contribution in [3.05, 3.63) is 102 Å². The summed E-state index contributed by atoms with van der Waals surface area (Å²) < 4.78 is 6.15. The lowest BCUT2D eigenvalue weighted by Gasteiger charge is -2.17. The summed E-state index contributed by atoms with van der Waals surface area (Å²) in [6.07, 6.45) is 1.11. The van der Waals surface area contributed by atoms with E-state index in [1.807, 2.05) is 12.1 Å². The molecular formula is C23H25NO. The van der Waals surface area contributed by atoms with Crippen LogP contribution in [-0.4, -0.2) is 0 Å².